The van der Waals surface area contributed by atoms with Crippen molar-refractivity contribution in [2.24, 2.45) is 11.8 Å². The van der Waals surface area contributed by atoms with E-state index in [0.29, 0.717) is 11.8 Å². The van der Waals surface area contributed by atoms with Gasteiger partial charge in [0.25, 0.3) is 0 Å². The number of amides is 1. The van der Waals surface area contributed by atoms with Crippen LogP contribution in [0.25, 0.3) is 0 Å². The van der Waals surface area contributed by atoms with E-state index in [2.05, 4.69) is 15.0 Å². The van der Waals surface area contributed by atoms with Crippen molar-refractivity contribution < 1.29 is 22.7 Å². The van der Waals surface area contributed by atoms with Gasteiger partial charge in [-0.3, -0.25) is 4.79 Å². The van der Waals surface area contributed by atoms with Gasteiger partial charge < -0.3 is 19.9 Å². The summed E-state index contributed by atoms with van der Waals surface area (Å²) in [6.45, 7) is 3.62. The molecule has 1 heterocycles. The molecule has 5 nitrogen and oxygen atoms in total. The molecule has 3 rings (SSSR count). The smallest absolute Gasteiger partial charge is 0.406 e. The van der Waals surface area contributed by atoms with Crippen LogP contribution in [0.5, 0.6) is 5.75 Å². The number of carbonyl (C=O) groups is 1. The molecular formula is C19H26F3N3O2. The maximum Gasteiger partial charge on any atom is 0.573 e. The van der Waals surface area contributed by atoms with Crippen LogP contribution in [-0.4, -0.2) is 56.4 Å². The van der Waals surface area contributed by atoms with Crippen molar-refractivity contribution in [2.45, 2.75) is 38.2 Å². The van der Waals surface area contributed by atoms with Gasteiger partial charge in [0.05, 0.1) is 6.04 Å². The quantitative estimate of drug-likeness (QED) is 0.847. The lowest BCUT2D eigenvalue weighted by Crippen LogP contribution is -2.48. The third-order valence-electron chi connectivity index (χ3n) is 5.57. The van der Waals surface area contributed by atoms with E-state index >= 15 is 0 Å². The first-order chi connectivity index (χ1) is 12.6. The molecule has 2 aliphatic rings. The normalized spacial score (nSPS) is 26.0. The Kier molecular flexibility index (Phi) is 5.55. The number of fused-ring (bicyclic) bond motifs is 1. The Morgan fingerprint density at radius 3 is 2.48 bits per heavy atom. The molecule has 8 heteroatoms. The molecule has 1 N–H and O–H groups in total. The summed E-state index contributed by atoms with van der Waals surface area (Å²) >= 11 is 0. The first-order valence-electron chi connectivity index (χ1n) is 9.22. The summed E-state index contributed by atoms with van der Waals surface area (Å²) in [5.74, 6) is 0.832. The molecule has 1 aromatic rings. The van der Waals surface area contributed by atoms with Crippen LogP contribution in [0.3, 0.4) is 0 Å². The van der Waals surface area contributed by atoms with E-state index in [1.165, 1.54) is 12.1 Å². The zero-order chi connectivity index (χ0) is 19.8. The van der Waals surface area contributed by atoms with Crippen LogP contribution in [0.1, 0.15) is 19.8 Å². The number of nitrogens with one attached hydrogen (secondary N) is 1. The Hall–Kier alpha value is -1.96. The third-order valence-corrected chi connectivity index (χ3v) is 5.57. The van der Waals surface area contributed by atoms with Gasteiger partial charge >= 0.3 is 6.36 Å². The van der Waals surface area contributed by atoms with Gasteiger partial charge in [-0.2, -0.15) is 0 Å². The van der Waals surface area contributed by atoms with E-state index in [4.69, 9.17) is 0 Å². The van der Waals surface area contributed by atoms with Crippen LogP contribution >= 0.6 is 0 Å². The lowest BCUT2D eigenvalue weighted by Gasteiger charge is -2.26. The van der Waals surface area contributed by atoms with Gasteiger partial charge in [0.1, 0.15) is 5.75 Å². The van der Waals surface area contributed by atoms with Crippen LogP contribution in [0.15, 0.2) is 24.3 Å². The van der Waals surface area contributed by atoms with Gasteiger partial charge in [-0.1, -0.05) is 0 Å². The Bertz CT molecular complexity index is 663. The Morgan fingerprint density at radius 1 is 1.22 bits per heavy atom. The fourth-order valence-corrected chi connectivity index (χ4v) is 4.32. The second-order valence-electron chi connectivity index (χ2n) is 7.68. The highest BCUT2D eigenvalue weighted by Gasteiger charge is 2.43. The highest BCUT2D eigenvalue weighted by Crippen LogP contribution is 2.40. The monoisotopic (exact) mass is 385 g/mol. The number of alkyl halides is 3. The molecule has 1 saturated heterocycles. The topological polar surface area (TPSA) is 44.8 Å². The molecule has 0 bridgehead atoms. The maximum absolute atomic E-state index is 12.3. The number of hydrogen-bond donors (Lipinski definition) is 1. The zero-order valence-corrected chi connectivity index (χ0v) is 15.8. The first-order valence-corrected chi connectivity index (χ1v) is 9.22. The van der Waals surface area contributed by atoms with Gasteiger partial charge in [-0.05, 0) is 55.9 Å². The highest BCUT2D eigenvalue weighted by molar-refractivity contribution is 5.80. The van der Waals surface area contributed by atoms with Gasteiger partial charge in [0.2, 0.25) is 5.91 Å². The molecule has 0 aromatic heterocycles. The lowest BCUT2D eigenvalue weighted by molar-refractivity contribution is -0.274. The largest absolute Gasteiger partial charge is 0.573 e. The molecule has 0 spiro atoms. The fourth-order valence-electron chi connectivity index (χ4n) is 4.32. The molecule has 1 amide bonds. The number of benzene rings is 1. The number of ether oxygens (including phenoxy) is 1. The standard InChI is InChI=1S/C19H26F3N3O2/c1-12(18(26)24(2)3)23-17-9-4-13-10-25(11-16(13)17)14-5-7-15(8-6-14)27-19(20,21)22/h5-8,12-13,16-17,23H,4,9-11H2,1-3H3/t12-,13+,16-,17-/m0/s1. The number of likely N-dealkylation sites (N-methyl/N-ethyl adjacent to an activating group) is 1. The van der Waals surface area contributed by atoms with Gasteiger partial charge in [-0.15, -0.1) is 13.2 Å². The van der Waals surface area contributed by atoms with Crippen molar-refractivity contribution >= 4 is 11.6 Å². The van der Waals surface area contributed by atoms with Crippen LogP contribution in [0, 0.1) is 11.8 Å². The van der Waals surface area contributed by atoms with Crippen LogP contribution < -0.4 is 15.0 Å². The predicted octanol–water partition coefficient (Wildman–Crippen LogP) is 2.87. The molecular weight excluding hydrogens is 359 g/mol. The fraction of sp³-hybridized carbons (Fsp3) is 0.632. The number of carbonyl (C=O) groups excluding carboxylic acids is 1. The van der Waals surface area contributed by atoms with Crippen LogP contribution in [0.4, 0.5) is 18.9 Å². The highest BCUT2D eigenvalue weighted by atomic mass is 19.4. The van der Waals surface area contributed by atoms with Crippen LogP contribution in [-0.2, 0) is 4.79 Å². The minimum atomic E-state index is -4.67. The molecule has 1 saturated carbocycles. The minimum absolute atomic E-state index is 0.0635. The molecule has 0 unspecified atom stereocenters. The maximum atomic E-state index is 12.3. The van der Waals surface area contributed by atoms with Gasteiger partial charge in [0, 0.05) is 38.9 Å². The molecule has 1 aromatic carbocycles. The Labute approximate surface area is 157 Å². The molecule has 27 heavy (non-hydrogen) atoms. The molecule has 150 valence electrons. The summed E-state index contributed by atoms with van der Waals surface area (Å²) in [6.07, 6.45) is -2.53. The predicted molar refractivity (Wildman–Crippen MR) is 96.6 cm³/mol. The van der Waals surface area contributed by atoms with E-state index in [9.17, 15) is 18.0 Å². The first kappa shape index (κ1) is 19.8. The molecule has 4 atom stereocenters. The number of hydrogen-bond acceptors (Lipinski definition) is 4. The summed E-state index contributed by atoms with van der Waals surface area (Å²) in [7, 11) is 3.50. The average molecular weight is 385 g/mol. The molecule has 0 radical (unpaired) electrons. The number of halogens is 3. The summed E-state index contributed by atoms with van der Waals surface area (Å²) < 4.78 is 40.8. The molecule has 2 fully saturated rings. The van der Waals surface area contributed by atoms with Crippen molar-refractivity contribution in [1.82, 2.24) is 10.2 Å². The van der Waals surface area contributed by atoms with Crippen molar-refractivity contribution in [3.8, 4) is 5.75 Å². The summed E-state index contributed by atoms with van der Waals surface area (Å²) in [6, 6.07) is 6.10. The minimum Gasteiger partial charge on any atom is -0.406 e. The summed E-state index contributed by atoms with van der Waals surface area (Å²) in [5, 5.41) is 3.48. The van der Waals surface area contributed by atoms with Crippen molar-refractivity contribution in [3.05, 3.63) is 24.3 Å². The number of nitrogens with zero attached hydrogens (tertiary/aromatic N) is 2. The van der Waals surface area contributed by atoms with Gasteiger partial charge in [0.15, 0.2) is 0 Å². The number of anilines is 1. The van der Waals surface area contributed by atoms with E-state index in [1.807, 2.05) is 6.92 Å². The third kappa shape index (κ3) is 4.66. The number of rotatable bonds is 5. The summed E-state index contributed by atoms with van der Waals surface area (Å²) in [5.41, 5.74) is 0.898. The Balaban J connectivity index is 1.60. The van der Waals surface area contributed by atoms with Crippen molar-refractivity contribution in [3.63, 3.8) is 0 Å². The second kappa shape index (κ2) is 7.58. The summed E-state index contributed by atoms with van der Waals surface area (Å²) in [4.78, 5) is 15.9. The zero-order valence-electron chi connectivity index (χ0n) is 15.8. The van der Waals surface area contributed by atoms with Crippen LogP contribution in [0.2, 0.25) is 0 Å². The Morgan fingerprint density at radius 2 is 1.89 bits per heavy atom. The van der Waals surface area contributed by atoms with Crippen molar-refractivity contribution in [2.75, 3.05) is 32.1 Å². The molecule has 1 aliphatic heterocycles. The second-order valence-corrected chi connectivity index (χ2v) is 7.68. The van der Waals surface area contributed by atoms with E-state index in [0.717, 1.165) is 31.6 Å². The SMILES string of the molecule is C[C@H](N[C@H]1CC[C@@H]2CN(c3ccc(OC(F)(F)F)cc3)C[C@@H]21)C(=O)N(C)C. The lowest BCUT2D eigenvalue weighted by atomic mass is 9.97. The van der Waals surface area contributed by atoms with E-state index in [1.54, 1.807) is 31.1 Å². The average Bonchev–Trinajstić information content (AvgIpc) is 3.15. The van der Waals surface area contributed by atoms with Crippen molar-refractivity contribution in [1.29, 1.82) is 0 Å². The van der Waals surface area contributed by atoms with Gasteiger partial charge in [-0.25, -0.2) is 0 Å². The van der Waals surface area contributed by atoms with E-state index in [-0.39, 0.29) is 23.7 Å². The molecule has 1 aliphatic carbocycles. The van der Waals surface area contributed by atoms with E-state index < -0.39 is 6.36 Å².